The van der Waals surface area contributed by atoms with Gasteiger partial charge >= 0.3 is 5.97 Å². The number of amides is 1. The highest BCUT2D eigenvalue weighted by molar-refractivity contribution is 5.94. The average molecular weight is 354 g/mol. The van der Waals surface area contributed by atoms with E-state index in [0.29, 0.717) is 16.9 Å². The fourth-order valence-corrected chi connectivity index (χ4v) is 2.29. The molecule has 3 rings (SSSR count). The zero-order chi connectivity index (χ0) is 18.5. The maximum atomic E-state index is 11.9. The Morgan fingerprint density at radius 2 is 2.12 bits per heavy atom. The van der Waals surface area contributed by atoms with Crippen molar-refractivity contribution in [3.8, 4) is 0 Å². The first-order valence-electron chi connectivity index (χ1n) is 8.06. The number of hydrogen-bond acceptors (Lipinski definition) is 6. The van der Waals surface area contributed by atoms with Crippen LogP contribution < -0.4 is 5.32 Å². The Kier molecular flexibility index (Phi) is 5.12. The second-order valence-corrected chi connectivity index (χ2v) is 5.76. The predicted octanol–water partition coefficient (Wildman–Crippen LogP) is 2.80. The van der Waals surface area contributed by atoms with Crippen LogP contribution in [0.1, 0.15) is 25.8 Å². The summed E-state index contributed by atoms with van der Waals surface area (Å²) in [4.78, 5) is 27.8. The first kappa shape index (κ1) is 17.4. The molecular weight excluding hydrogens is 336 g/mol. The van der Waals surface area contributed by atoms with Gasteiger partial charge in [-0.05, 0) is 26.0 Å². The molecule has 0 unspecified atom stereocenters. The molecule has 0 saturated carbocycles. The molecule has 26 heavy (non-hydrogen) atoms. The molecule has 0 fully saturated rings. The van der Waals surface area contributed by atoms with E-state index in [1.54, 1.807) is 29.1 Å². The number of ether oxygens (including phenoxy) is 1. The molecule has 0 aliphatic carbocycles. The fourth-order valence-electron chi connectivity index (χ4n) is 2.29. The summed E-state index contributed by atoms with van der Waals surface area (Å²) in [6.45, 7) is 3.49. The molecule has 3 aromatic rings. The lowest BCUT2D eigenvalue weighted by Gasteiger charge is -2.11. The van der Waals surface area contributed by atoms with E-state index in [2.05, 4.69) is 15.4 Å². The molecule has 0 aliphatic heterocycles. The van der Waals surface area contributed by atoms with Gasteiger partial charge in [0.2, 0.25) is 5.89 Å². The number of nitrogens with zero attached hydrogens (tertiary/aromatic N) is 3. The van der Waals surface area contributed by atoms with Crippen LogP contribution in [0.5, 0.6) is 0 Å². The van der Waals surface area contributed by atoms with Crippen molar-refractivity contribution in [2.24, 2.45) is 0 Å². The number of fused-ring (bicyclic) bond motifs is 1. The minimum absolute atomic E-state index is 0.0992. The van der Waals surface area contributed by atoms with Crippen molar-refractivity contribution >= 4 is 34.9 Å². The third kappa shape index (κ3) is 4.15. The number of aromatic nitrogens is 3. The third-order valence-corrected chi connectivity index (χ3v) is 3.44. The Morgan fingerprint density at radius 3 is 2.88 bits per heavy atom. The van der Waals surface area contributed by atoms with Gasteiger partial charge in [-0.3, -0.25) is 4.79 Å². The van der Waals surface area contributed by atoms with Crippen molar-refractivity contribution in [2.45, 2.75) is 19.9 Å². The van der Waals surface area contributed by atoms with E-state index in [1.165, 1.54) is 6.08 Å². The number of oxazole rings is 1. The molecular formula is C18H18N4O4. The Bertz CT molecular complexity index is 922. The Balaban J connectivity index is 1.51. The normalized spacial score (nSPS) is 11.3. The summed E-state index contributed by atoms with van der Waals surface area (Å²) in [6, 6.07) is 9.04. The summed E-state index contributed by atoms with van der Waals surface area (Å²) in [5, 5.41) is 6.76. The summed E-state index contributed by atoms with van der Waals surface area (Å²) in [5.41, 5.74) is 1.32. The first-order chi connectivity index (χ1) is 12.5. The van der Waals surface area contributed by atoms with Crippen LogP contribution in [0.2, 0.25) is 0 Å². The van der Waals surface area contributed by atoms with E-state index in [-0.39, 0.29) is 11.9 Å². The second-order valence-electron chi connectivity index (χ2n) is 5.76. The highest BCUT2D eigenvalue weighted by atomic mass is 16.5. The molecule has 8 nitrogen and oxygen atoms in total. The van der Waals surface area contributed by atoms with E-state index in [9.17, 15) is 9.59 Å². The van der Waals surface area contributed by atoms with Crippen molar-refractivity contribution in [1.29, 1.82) is 0 Å². The Hall–Kier alpha value is -3.42. The van der Waals surface area contributed by atoms with Crippen molar-refractivity contribution in [3.63, 3.8) is 0 Å². The quantitative estimate of drug-likeness (QED) is 0.540. The first-order valence-corrected chi connectivity index (χ1v) is 8.06. The molecule has 0 radical (unpaired) electrons. The van der Waals surface area contributed by atoms with Gasteiger partial charge in [0.1, 0.15) is 11.3 Å². The molecule has 2 heterocycles. The zero-order valence-corrected chi connectivity index (χ0v) is 14.4. The molecule has 1 N–H and O–H groups in total. The van der Waals surface area contributed by atoms with E-state index in [0.717, 1.165) is 6.08 Å². The molecule has 1 amide bonds. The molecule has 2 aromatic heterocycles. The van der Waals surface area contributed by atoms with Crippen molar-refractivity contribution < 1.29 is 18.7 Å². The van der Waals surface area contributed by atoms with Crippen molar-refractivity contribution in [3.05, 3.63) is 48.5 Å². The molecule has 0 bridgehead atoms. The van der Waals surface area contributed by atoms with E-state index in [1.807, 2.05) is 26.0 Å². The third-order valence-electron chi connectivity index (χ3n) is 3.44. The average Bonchev–Trinajstić information content (AvgIpc) is 3.24. The molecule has 1 aromatic carbocycles. The Morgan fingerprint density at radius 1 is 1.31 bits per heavy atom. The minimum Gasteiger partial charge on any atom is -0.452 e. The van der Waals surface area contributed by atoms with Gasteiger partial charge in [-0.25, -0.2) is 14.5 Å². The molecule has 0 aliphatic rings. The molecule has 8 heteroatoms. The largest absolute Gasteiger partial charge is 0.452 e. The summed E-state index contributed by atoms with van der Waals surface area (Å²) in [7, 11) is 0. The number of hydrogen-bond donors (Lipinski definition) is 1. The van der Waals surface area contributed by atoms with Gasteiger partial charge in [-0.1, -0.05) is 12.1 Å². The molecule has 0 spiro atoms. The van der Waals surface area contributed by atoms with Crippen molar-refractivity contribution in [1.82, 2.24) is 14.8 Å². The van der Waals surface area contributed by atoms with Crippen LogP contribution in [0.3, 0.4) is 0 Å². The summed E-state index contributed by atoms with van der Waals surface area (Å²) in [5.74, 6) is -0.285. The number of anilines is 1. The van der Waals surface area contributed by atoms with E-state index < -0.39 is 18.5 Å². The van der Waals surface area contributed by atoms with Crippen LogP contribution in [0.15, 0.2) is 47.0 Å². The SMILES string of the molecule is CC(C)n1nccc1NC(=O)COC(=O)/C=C/c1nc2ccccc2o1. The standard InChI is InChI=1S/C18H18N4O4/c1-12(2)22-15(9-10-19-22)21-16(23)11-25-18(24)8-7-17-20-13-5-3-4-6-14(13)26-17/h3-10,12H,11H2,1-2H3,(H,21,23)/b8-7+. The van der Waals surface area contributed by atoms with Crippen LogP contribution in [0.25, 0.3) is 17.2 Å². The molecule has 134 valence electrons. The maximum Gasteiger partial charge on any atom is 0.331 e. The van der Waals surface area contributed by atoms with Crippen LogP contribution in [-0.2, 0) is 14.3 Å². The maximum absolute atomic E-state index is 11.9. The van der Waals surface area contributed by atoms with Gasteiger partial charge in [0, 0.05) is 24.3 Å². The van der Waals surface area contributed by atoms with Gasteiger partial charge < -0.3 is 14.5 Å². The smallest absolute Gasteiger partial charge is 0.331 e. The lowest BCUT2D eigenvalue weighted by atomic mass is 10.3. The number of benzene rings is 1. The van der Waals surface area contributed by atoms with Gasteiger partial charge in [-0.2, -0.15) is 5.10 Å². The van der Waals surface area contributed by atoms with Crippen LogP contribution in [-0.4, -0.2) is 33.2 Å². The summed E-state index contributed by atoms with van der Waals surface area (Å²) in [6.07, 6.45) is 4.15. The molecule has 0 atom stereocenters. The predicted molar refractivity (Wildman–Crippen MR) is 95.2 cm³/mol. The number of nitrogens with one attached hydrogen (secondary N) is 1. The topological polar surface area (TPSA) is 99.2 Å². The number of para-hydroxylation sites is 2. The Labute approximate surface area is 149 Å². The molecule has 0 saturated heterocycles. The number of esters is 1. The highest BCUT2D eigenvalue weighted by Gasteiger charge is 2.11. The van der Waals surface area contributed by atoms with Crippen LogP contribution in [0, 0.1) is 0 Å². The minimum atomic E-state index is -0.667. The van der Waals surface area contributed by atoms with Gasteiger partial charge in [0.05, 0.1) is 6.20 Å². The van der Waals surface area contributed by atoms with Crippen molar-refractivity contribution in [2.75, 3.05) is 11.9 Å². The van der Waals surface area contributed by atoms with Gasteiger partial charge in [-0.15, -0.1) is 0 Å². The number of rotatable bonds is 6. The van der Waals surface area contributed by atoms with Crippen LogP contribution in [0.4, 0.5) is 5.82 Å². The van der Waals surface area contributed by atoms with Gasteiger partial charge in [0.25, 0.3) is 5.91 Å². The van der Waals surface area contributed by atoms with E-state index in [4.69, 9.17) is 9.15 Å². The fraction of sp³-hybridized carbons (Fsp3) is 0.222. The number of carbonyl (C=O) groups excluding carboxylic acids is 2. The lowest BCUT2D eigenvalue weighted by molar-refractivity contribution is -0.142. The summed E-state index contributed by atoms with van der Waals surface area (Å²) < 4.78 is 12.0. The second kappa shape index (κ2) is 7.64. The monoisotopic (exact) mass is 354 g/mol. The summed E-state index contributed by atoms with van der Waals surface area (Å²) >= 11 is 0. The zero-order valence-electron chi connectivity index (χ0n) is 14.4. The van der Waals surface area contributed by atoms with Crippen LogP contribution >= 0.6 is 0 Å². The van der Waals surface area contributed by atoms with E-state index >= 15 is 0 Å². The number of carbonyl (C=O) groups is 2. The van der Waals surface area contributed by atoms with Gasteiger partial charge in [0.15, 0.2) is 12.2 Å². The lowest BCUT2D eigenvalue weighted by Crippen LogP contribution is -2.22. The highest BCUT2D eigenvalue weighted by Crippen LogP contribution is 2.15.